The van der Waals surface area contributed by atoms with E-state index in [0.29, 0.717) is 34.2 Å². The molecule has 0 unspecified atom stereocenters. The molecule has 6 nitrogen and oxygen atoms in total. The predicted octanol–water partition coefficient (Wildman–Crippen LogP) is 5.12. The van der Waals surface area contributed by atoms with Gasteiger partial charge in [-0.25, -0.2) is 13.4 Å². The largest absolute Gasteiger partial charge is 0.310 e. The van der Waals surface area contributed by atoms with E-state index in [1.54, 1.807) is 30.3 Å². The van der Waals surface area contributed by atoms with Crippen LogP contribution in [-0.4, -0.2) is 30.1 Å². The third-order valence-corrected chi connectivity index (χ3v) is 6.36. The molecule has 1 aromatic heterocycles. The molecule has 0 aliphatic rings. The van der Waals surface area contributed by atoms with Gasteiger partial charge in [-0.2, -0.15) is 0 Å². The number of carbonyl (C=O) groups excluding carboxylic acids is 1. The molecule has 0 fully saturated rings. The number of hydrogen-bond acceptors (Lipinski definition) is 4. The number of nitrogens with zero attached hydrogens (tertiary/aromatic N) is 2. The molecule has 0 saturated heterocycles. The summed E-state index contributed by atoms with van der Waals surface area (Å²) in [6.45, 7) is 0.677. The summed E-state index contributed by atoms with van der Waals surface area (Å²) < 4.78 is 25.0. The van der Waals surface area contributed by atoms with E-state index in [2.05, 4.69) is 22.4 Å². The number of amides is 1. The van der Waals surface area contributed by atoms with Crippen molar-refractivity contribution in [3.8, 4) is 0 Å². The maximum atomic E-state index is 12.9. The minimum Gasteiger partial charge on any atom is -0.310 e. The number of rotatable bonds is 8. The van der Waals surface area contributed by atoms with Crippen molar-refractivity contribution in [3.05, 3.63) is 94.5 Å². The summed E-state index contributed by atoms with van der Waals surface area (Å²) in [7, 11) is -3.14. The van der Waals surface area contributed by atoms with Crippen molar-refractivity contribution in [2.45, 2.75) is 25.1 Å². The molecule has 0 spiro atoms. The van der Waals surface area contributed by atoms with Crippen molar-refractivity contribution in [2.75, 3.05) is 11.6 Å². The average molecular weight is 482 g/mol. The quantitative estimate of drug-likeness (QED) is 0.378. The van der Waals surface area contributed by atoms with Crippen LogP contribution in [0.15, 0.2) is 72.8 Å². The van der Waals surface area contributed by atoms with E-state index < -0.39 is 9.84 Å². The number of anilines is 1. The molecule has 1 heterocycles. The van der Waals surface area contributed by atoms with Gasteiger partial charge in [0.1, 0.15) is 0 Å². The van der Waals surface area contributed by atoms with Gasteiger partial charge in [0.25, 0.3) is 5.91 Å². The topological polar surface area (TPSA) is 81.1 Å². The van der Waals surface area contributed by atoms with E-state index >= 15 is 0 Å². The Morgan fingerprint density at radius 2 is 1.73 bits per heavy atom. The van der Waals surface area contributed by atoms with Crippen LogP contribution < -0.4 is 5.32 Å². The maximum absolute atomic E-state index is 12.9. The van der Waals surface area contributed by atoms with Crippen LogP contribution in [0.4, 0.5) is 5.95 Å². The Labute approximate surface area is 198 Å². The number of aryl methyl sites for hydroxylation is 2. The number of halogens is 1. The van der Waals surface area contributed by atoms with Crippen molar-refractivity contribution in [3.63, 3.8) is 0 Å². The van der Waals surface area contributed by atoms with Crippen molar-refractivity contribution < 1.29 is 13.2 Å². The molecule has 4 aromatic rings. The number of fused-ring (bicyclic) bond motifs is 1. The Bertz CT molecular complexity index is 1380. The van der Waals surface area contributed by atoms with E-state index in [-0.39, 0.29) is 11.7 Å². The molecule has 8 heteroatoms. The van der Waals surface area contributed by atoms with E-state index in [9.17, 15) is 13.2 Å². The number of hydrogen-bond donors (Lipinski definition) is 1. The number of benzene rings is 3. The highest BCUT2D eigenvalue weighted by Crippen LogP contribution is 2.24. The molecule has 4 rings (SSSR count). The van der Waals surface area contributed by atoms with Gasteiger partial charge in [0.15, 0.2) is 9.84 Å². The zero-order valence-corrected chi connectivity index (χ0v) is 19.7. The van der Waals surface area contributed by atoms with Gasteiger partial charge in [-0.3, -0.25) is 10.1 Å². The number of sulfone groups is 1. The summed E-state index contributed by atoms with van der Waals surface area (Å²) >= 11 is 6.15. The first-order valence-corrected chi connectivity index (χ1v) is 13.0. The summed E-state index contributed by atoms with van der Waals surface area (Å²) in [5.74, 6) is 0.0736. The summed E-state index contributed by atoms with van der Waals surface area (Å²) in [6, 6.07) is 22.3. The molecule has 1 N–H and O–H groups in total. The molecule has 33 heavy (non-hydrogen) atoms. The minimum atomic E-state index is -3.14. The van der Waals surface area contributed by atoms with Crippen LogP contribution in [0.1, 0.15) is 27.9 Å². The number of nitrogens with one attached hydrogen (secondary N) is 1. The highest BCUT2D eigenvalue weighted by atomic mass is 35.5. The van der Waals surface area contributed by atoms with Crippen LogP contribution in [0, 0.1) is 0 Å². The predicted molar refractivity (Wildman–Crippen MR) is 132 cm³/mol. The lowest BCUT2D eigenvalue weighted by atomic mass is 10.1. The SMILES string of the molecule is CS(=O)(=O)Cc1ccc(C(=O)Nc2nc3cc(Cl)ccc3n2CCCc2ccccc2)cc1. The highest BCUT2D eigenvalue weighted by molar-refractivity contribution is 7.89. The molecule has 0 aliphatic carbocycles. The average Bonchev–Trinajstić information content (AvgIpc) is 3.10. The van der Waals surface area contributed by atoms with Crippen molar-refractivity contribution in [1.29, 1.82) is 0 Å². The first-order valence-electron chi connectivity index (χ1n) is 10.6. The fourth-order valence-electron chi connectivity index (χ4n) is 3.74. The van der Waals surface area contributed by atoms with Gasteiger partial charge in [0, 0.05) is 23.4 Å². The third-order valence-electron chi connectivity index (χ3n) is 5.27. The zero-order valence-electron chi connectivity index (χ0n) is 18.2. The molecule has 0 aliphatic heterocycles. The number of aromatic nitrogens is 2. The Balaban J connectivity index is 1.54. The monoisotopic (exact) mass is 481 g/mol. The fraction of sp³-hybridized carbons (Fsp3) is 0.200. The lowest BCUT2D eigenvalue weighted by Crippen LogP contribution is -2.16. The third kappa shape index (κ3) is 6.00. The van der Waals surface area contributed by atoms with Gasteiger partial charge >= 0.3 is 0 Å². The molecular weight excluding hydrogens is 458 g/mol. The summed E-state index contributed by atoms with van der Waals surface area (Å²) in [5.41, 5.74) is 3.92. The Kier molecular flexibility index (Phi) is 6.81. The summed E-state index contributed by atoms with van der Waals surface area (Å²) in [5, 5.41) is 3.48. The van der Waals surface area contributed by atoms with Crippen molar-refractivity contribution >= 4 is 44.3 Å². The smallest absolute Gasteiger partial charge is 0.257 e. The number of imidazole rings is 1. The van der Waals surface area contributed by atoms with Crippen LogP contribution in [0.25, 0.3) is 11.0 Å². The standard InChI is InChI=1S/C25H24ClN3O3S/c1-33(31,32)17-19-9-11-20(12-10-19)24(30)28-25-27-22-16-21(26)13-14-23(22)29(25)15-5-8-18-6-3-2-4-7-18/h2-4,6-7,9-14,16H,5,8,15,17H2,1H3,(H,27,28,30). The Morgan fingerprint density at radius 3 is 2.42 bits per heavy atom. The van der Waals surface area contributed by atoms with Crippen LogP contribution in [0.5, 0.6) is 0 Å². The molecular formula is C25H24ClN3O3S. The normalized spacial score (nSPS) is 11.6. The molecule has 1 amide bonds. The van der Waals surface area contributed by atoms with Gasteiger partial charge in [0.2, 0.25) is 5.95 Å². The molecule has 3 aromatic carbocycles. The van der Waals surface area contributed by atoms with Crippen LogP contribution >= 0.6 is 11.6 Å². The van der Waals surface area contributed by atoms with Gasteiger partial charge in [-0.05, 0) is 54.3 Å². The van der Waals surface area contributed by atoms with Crippen molar-refractivity contribution in [1.82, 2.24) is 9.55 Å². The summed E-state index contributed by atoms with van der Waals surface area (Å²) in [6.07, 6.45) is 2.96. The molecule has 0 saturated carbocycles. The van der Waals surface area contributed by atoms with E-state index in [0.717, 1.165) is 18.4 Å². The minimum absolute atomic E-state index is 0.0626. The Morgan fingerprint density at radius 1 is 1.00 bits per heavy atom. The molecule has 170 valence electrons. The van der Waals surface area contributed by atoms with Gasteiger partial charge in [-0.15, -0.1) is 0 Å². The van der Waals surface area contributed by atoms with Crippen LogP contribution in [-0.2, 0) is 28.6 Å². The zero-order chi connectivity index (χ0) is 23.4. The molecule has 0 radical (unpaired) electrons. The molecule has 0 bridgehead atoms. The maximum Gasteiger partial charge on any atom is 0.257 e. The number of carbonyl (C=O) groups is 1. The fourth-order valence-corrected chi connectivity index (χ4v) is 4.70. The van der Waals surface area contributed by atoms with Crippen molar-refractivity contribution in [2.24, 2.45) is 0 Å². The highest BCUT2D eigenvalue weighted by Gasteiger charge is 2.15. The van der Waals surface area contributed by atoms with Crippen LogP contribution in [0.3, 0.4) is 0 Å². The second-order valence-electron chi connectivity index (χ2n) is 8.03. The van der Waals surface area contributed by atoms with Gasteiger partial charge in [0.05, 0.1) is 16.8 Å². The second-order valence-corrected chi connectivity index (χ2v) is 10.6. The van der Waals surface area contributed by atoms with Crippen LogP contribution in [0.2, 0.25) is 5.02 Å². The Hall–Kier alpha value is -3.16. The lowest BCUT2D eigenvalue weighted by Gasteiger charge is -2.11. The van der Waals surface area contributed by atoms with E-state index in [4.69, 9.17) is 11.6 Å². The van der Waals surface area contributed by atoms with E-state index in [1.807, 2.05) is 34.9 Å². The lowest BCUT2D eigenvalue weighted by molar-refractivity contribution is 0.102. The summed E-state index contributed by atoms with van der Waals surface area (Å²) in [4.78, 5) is 17.5. The second kappa shape index (κ2) is 9.77. The molecule has 0 atom stereocenters. The van der Waals surface area contributed by atoms with E-state index in [1.165, 1.54) is 11.8 Å². The first-order chi connectivity index (χ1) is 15.8. The first kappa shape index (κ1) is 23.0. The van der Waals surface area contributed by atoms with Gasteiger partial charge in [-0.1, -0.05) is 54.1 Å². The van der Waals surface area contributed by atoms with Gasteiger partial charge < -0.3 is 4.57 Å².